The van der Waals surface area contributed by atoms with Crippen LogP contribution in [0.15, 0.2) is 85.2 Å². The van der Waals surface area contributed by atoms with Crippen LogP contribution in [-0.4, -0.2) is 30.0 Å². The molecule has 5 heteroatoms. The minimum absolute atomic E-state index is 0.0664. The normalized spacial score (nSPS) is 14.3. The fraction of sp³-hybridized carbons (Fsp3) is 0.100. The van der Waals surface area contributed by atoms with E-state index in [2.05, 4.69) is 28.2 Å². The van der Waals surface area contributed by atoms with Gasteiger partial charge in [0, 0.05) is 50.9 Å². The Morgan fingerprint density at radius 1 is 0.686 bits per heavy atom. The van der Waals surface area contributed by atoms with Crippen LogP contribution in [0.5, 0.6) is 11.5 Å². The number of hydrogen-bond acceptors (Lipinski definition) is 3. The molecule has 6 aromatic rings. The number of nitrogens with one attached hydrogen (secondary N) is 2. The summed E-state index contributed by atoms with van der Waals surface area (Å²) in [5.41, 5.74) is 4.41. The van der Waals surface area contributed by atoms with Gasteiger partial charge >= 0.3 is 0 Å². The van der Waals surface area contributed by atoms with Gasteiger partial charge in [-0.1, -0.05) is 36.4 Å². The predicted octanol–water partition coefficient (Wildman–Crippen LogP) is 6.35. The first-order valence-corrected chi connectivity index (χ1v) is 11.5. The summed E-state index contributed by atoms with van der Waals surface area (Å²) in [6, 6.07) is 24.1. The van der Waals surface area contributed by atoms with E-state index in [9.17, 15) is 4.79 Å². The molecule has 0 saturated heterocycles. The molecule has 0 unspecified atom stereocenters. The lowest BCUT2D eigenvalue weighted by Gasteiger charge is -2.29. The zero-order valence-corrected chi connectivity index (χ0v) is 19.3. The van der Waals surface area contributed by atoms with E-state index in [1.165, 1.54) is 0 Å². The average molecular weight is 459 g/mol. The van der Waals surface area contributed by atoms with Gasteiger partial charge in [-0.15, -0.1) is 0 Å². The number of fused-ring (bicyclic) bond motifs is 2. The number of ether oxygens (including phenoxy) is 2. The highest BCUT2D eigenvalue weighted by Gasteiger charge is 2.52. The second kappa shape index (κ2) is 7.00. The van der Waals surface area contributed by atoms with Crippen molar-refractivity contribution >= 4 is 38.4 Å². The molecular weight excluding hydrogens is 436 g/mol. The van der Waals surface area contributed by atoms with E-state index in [0.29, 0.717) is 0 Å². The van der Waals surface area contributed by atoms with Gasteiger partial charge in [-0.3, -0.25) is 4.79 Å². The number of Topliss-reactive ketones (excluding diaryl/α,β-unsaturated/α-hetero) is 1. The number of methoxy groups -OCH3 is 2. The summed E-state index contributed by atoms with van der Waals surface area (Å²) in [5.74, 6) is 1.56. The Morgan fingerprint density at radius 2 is 1.26 bits per heavy atom. The Hall–Kier alpha value is -4.51. The van der Waals surface area contributed by atoms with Crippen LogP contribution in [0.1, 0.15) is 27.0 Å². The van der Waals surface area contributed by atoms with Crippen molar-refractivity contribution in [3.8, 4) is 11.5 Å². The third-order valence-corrected chi connectivity index (χ3v) is 7.48. The molecule has 0 atom stereocenters. The Balaban J connectivity index is 1.68. The average Bonchev–Trinajstić information content (AvgIpc) is 3.58. The lowest BCUT2D eigenvalue weighted by Crippen LogP contribution is -2.34. The van der Waals surface area contributed by atoms with E-state index in [-0.39, 0.29) is 5.78 Å². The molecule has 1 aliphatic rings. The molecule has 0 spiro atoms. The van der Waals surface area contributed by atoms with Crippen molar-refractivity contribution in [2.24, 2.45) is 0 Å². The Morgan fingerprint density at radius 3 is 1.83 bits per heavy atom. The lowest BCUT2D eigenvalue weighted by atomic mass is 9.68. The van der Waals surface area contributed by atoms with Crippen molar-refractivity contribution in [2.75, 3.05) is 14.2 Å². The SMILES string of the molecule is COc1ccc2[nH]cc(C3(c4c[nH]c5ccc(OC)cc45)C(=O)c4cccc5cccc3c45)c2c1. The van der Waals surface area contributed by atoms with E-state index in [1.807, 2.05) is 67.0 Å². The molecule has 7 rings (SSSR count). The molecule has 4 aromatic carbocycles. The fourth-order valence-corrected chi connectivity index (χ4v) is 5.92. The summed E-state index contributed by atoms with van der Waals surface area (Å²) in [6.07, 6.45) is 3.96. The number of rotatable bonds is 4. The van der Waals surface area contributed by atoms with Crippen molar-refractivity contribution in [1.82, 2.24) is 9.97 Å². The predicted molar refractivity (Wildman–Crippen MR) is 138 cm³/mol. The van der Waals surface area contributed by atoms with E-state index in [0.717, 1.165) is 66.3 Å². The maximum absolute atomic E-state index is 14.7. The lowest BCUT2D eigenvalue weighted by molar-refractivity contribution is 0.0946. The third kappa shape index (κ3) is 2.44. The topological polar surface area (TPSA) is 67.1 Å². The van der Waals surface area contributed by atoms with Crippen LogP contribution >= 0.6 is 0 Å². The van der Waals surface area contributed by atoms with Gasteiger partial charge < -0.3 is 19.4 Å². The maximum Gasteiger partial charge on any atom is 0.183 e. The summed E-state index contributed by atoms with van der Waals surface area (Å²) >= 11 is 0. The third-order valence-electron chi connectivity index (χ3n) is 7.48. The monoisotopic (exact) mass is 458 g/mol. The molecule has 2 heterocycles. The summed E-state index contributed by atoms with van der Waals surface area (Å²) < 4.78 is 11.1. The van der Waals surface area contributed by atoms with E-state index < -0.39 is 5.41 Å². The Kier molecular flexibility index (Phi) is 3.98. The summed E-state index contributed by atoms with van der Waals surface area (Å²) in [5, 5.41) is 3.99. The highest BCUT2D eigenvalue weighted by atomic mass is 16.5. The van der Waals surface area contributed by atoms with Gasteiger partial charge in [-0.25, -0.2) is 0 Å². The number of aromatic nitrogens is 2. The summed E-state index contributed by atoms with van der Waals surface area (Å²) in [4.78, 5) is 21.5. The quantitative estimate of drug-likeness (QED) is 0.323. The fourth-order valence-electron chi connectivity index (χ4n) is 5.92. The molecular formula is C30H22N2O3. The van der Waals surface area contributed by atoms with Crippen molar-refractivity contribution in [3.63, 3.8) is 0 Å². The second-order valence-electron chi connectivity index (χ2n) is 9.02. The molecule has 0 saturated carbocycles. The van der Waals surface area contributed by atoms with Gasteiger partial charge in [0.25, 0.3) is 0 Å². The van der Waals surface area contributed by atoms with Gasteiger partial charge in [0.05, 0.1) is 14.2 Å². The molecule has 35 heavy (non-hydrogen) atoms. The van der Waals surface area contributed by atoms with Crippen molar-refractivity contribution in [2.45, 2.75) is 5.41 Å². The van der Waals surface area contributed by atoms with Gasteiger partial charge in [-0.2, -0.15) is 0 Å². The van der Waals surface area contributed by atoms with E-state index in [4.69, 9.17) is 9.47 Å². The molecule has 170 valence electrons. The second-order valence-corrected chi connectivity index (χ2v) is 9.02. The molecule has 0 amide bonds. The van der Waals surface area contributed by atoms with Crippen molar-refractivity contribution < 1.29 is 14.3 Å². The molecule has 0 bridgehead atoms. The molecule has 0 aliphatic heterocycles. The number of carbonyl (C=O) groups excluding carboxylic acids is 1. The van der Waals surface area contributed by atoms with Gasteiger partial charge in [0.1, 0.15) is 16.9 Å². The zero-order chi connectivity index (χ0) is 23.7. The minimum atomic E-state index is -1.04. The molecule has 1 aliphatic carbocycles. The number of benzene rings is 4. The maximum atomic E-state index is 14.7. The first-order chi connectivity index (χ1) is 17.2. The number of hydrogen-bond donors (Lipinski definition) is 2. The zero-order valence-electron chi connectivity index (χ0n) is 19.3. The number of H-pyrrole nitrogens is 2. The Bertz CT molecular complexity index is 1720. The molecule has 2 aromatic heterocycles. The van der Waals surface area contributed by atoms with Gasteiger partial charge in [0.2, 0.25) is 0 Å². The smallest absolute Gasteiger partial charge is 0.183 e. The van der Waals surface area contributed by atoms with Crippen LogP contribution in [0.3, 0.4) is 0 Å². The van der Waals surface area contributed by atoms with Crippen LogP contribution in [0, 0.1) is 0 Å². The standard InChI is InChI=1S/C30H22N2O3/c1-34-18-9-11-26-21(13-18)24(15-31-26)30(25-16-32-27-12-10-19(35-2)14-22(25)27)23-8-4-6-17-5-3-7-20(28(17)23)29(30)33/h3-16,31-32H,1-2H3. The van der Waals surface area contributed by atoms with Crippen molar-refractivity contribution in [1.29, 1.82) is 0 Å². The van der Waals surface area contributed by atoms with Crippen molar-refractivity contribution in [3.05, 3.63) is 107 Å². The molecule has 0 fully saturated rings. The van der Waals surface area contributed by atoms with E-state index in [1.54, 1.807) is 14.2 Å². The number of ketones is 1. The number of carbonyl (C=O) groups is 1. The van der Waals surface area contributed by atoms with E-state index >= 15 is 0 Å². The summed E-state index contributed by atoms with van der Waals surface area (Å²) in [7, 11) is 3.32. The highest BCUT2D eigenvalue weighted by Crippen LogP contribution is 2.54. The van der Waals surface area contributed by atoms with Gasteiger partial charge in [-0.05, 0) is 52.7 Å². The van der Waals surface area contributed by atoms with Crippen LogP contribution in [0.4, 0.5) is 0 Å². The van der Waals surface area contributed by atoms with Crippen LogP contribution in [-0.2, 0) is 5.41 Å². The Labute approximate surface area is 201 Å². The summed E-state index contributed by atoms with van der Waals surface area (Å²) in [6.45, 7) is 0. The van der Waals surface area contributed by atoms with Crippen LogP contribution in [0.2, 0.25) is 0 Å². The van der Waals surface area contributed by atoms with Crippen LogP contribution in [0.25, 0.3) is 32.6 Å². The largest absolute Gasteiger partial charge is 0.497 e. The highest BCUT2D eigenvalue weighted by molar-refractivity contribution is 6.25. The van der Waals surface area contributed by atoms with Gasteiger partial charge in [0.15, 0.2) is 5.78 Å². The molecule has 5 nitrogen and oxygen atoms in total. The first-order valence-electron chi connectivity index (χ1n) is 11.5. The molecule has 2 N–H and O–H groups in total. The van der Waals surface area contributed by atoms with Crippen LogP contribution < -0.4 is 9.47 Å². The molecule has 0 radical (unpaired) electrons. The first kappa shape index (κ1) is 19.9. The number of aromatic amines is 2. The minimum Gasteiger partial charge on any atom is -0.497 e.